The SMILES string of the molecule is CCCc1c(N)ncnc1NC(C)c1ccncc1. The first-order chi connectivity index (χ1) is 9.22. The van der Waals surface area contributed by atoms with Crippen molar-refractivity contribution in [1.82, 2.24) is 15.0 Å². The molecule has 2 heterocycles. The summed E-state index contributed by atoms with van der Waals surface area (Å²) in [4.78, 5) is 12.4. The Hall–Kier alpha value is -2.17. The van der Waals surface area contributed by atoms with E-state index in [0.717, 1.165) is 29.8 Å². The third kappa shape index (κ3) is 3.19. The number of rotatable bonds is 5. The highest BCUT2D eigenvalue weighted by Gasteiger charge is 2.11. The molecule has 0 radical (unpaired) electrons. The van der Waals surface area contributed by atoms with Crippen LogP contribution in [0.4, 0.5) is 11.6 Å². The Bertz CT molecular complexity index is 527. The fraction of sp³-hybridized carbons (Fsp3) is 0.357. The minimum absolute atomic E-state index is 0.146. The molecule has 5 nitrogen and oxygen atoms in total. The molecule has 2 aromatic heterocycles. The highest BCUT2D eigenvalue weighted by molar-refractivity contribution is 5.55. The van der Waals surface area contributed by atoms with E-state index in [4.69, 9.17) is 5.73 Å². The van der Waals surface area contributed by atoms with Gasteiger partial charge in [0, 0.05) is 18.0 Å². The molecule has 0 bridgehead atoms. The van der Waals surface area contributed by atoms with Crippen LogP contribution in [0.1, 0.15) is 37.4 Å². The first-order valence-electron chi connectivity index (χ1n) is 6.48. The van der Waals surface area contributed by atoms with E-state index in [9.17, 15) is 0 Å². The summed E-state index contributed by atoms with van der Waals surface area (Å²) in [5.74, 6) is 1.37. The van der Waals surface area contributed by atoms with Gasteiger partial charge in [0.15, 0.2) is 0 Å². The molecule has 0 fully saturated rings. The summed E-state index contributed by atoms with van der Waals surface area (Å²) in [6.07, 6.45) is 6.95. The van der Waals surface area contributed by atoms with Gasteiger partial charge in [0.05, 0.1) is 6.04 Å². The lowest BCUT2D eigenvalue weighted by Crippen LogP contribution is -2.12. The van der Waals surface area contributed by atoms with E-state index in [0.29, 0.717) is 5.82 Å². The number of pyridine rings is 1. The second-order valence-electron chi connectivity index (χ2n) is 4.48. The molecule has 100 valence electrons. The molecule has 0 amide bonds. The van der Waals surface area contributed by atoms with Gasteiger partial charge < -0.3 is 11.1 Å². The monoisotopic (exact) mass is 257 g/mol. The van der Waals surface area contributed by atoms with Crippen molar-refractivity contribution in [3.63, 3.8) is 0 Å². The predicted molar refractivity (Wildman–Crippen MR) is 76.7 cm³/mol. The van der Waals surface area contributed by atoms with Crippen molar-refractivity contribution in [2.75, 3.05) is 11.1 Å². The zero-order valence-corrected chi connectivity index (χ0v) is 11.3. The number of nitrogen functional groups attached to an aromatic ring is 1. The molecule has 0 saturated carbocycles. The van der Waals surface area contributed by atoms with Crippen LogP contribution in [0.25, 0.3) is 0 Å². The van der Waals surface area contributed by atoms with Crippen LogP contribution in [0.5, 0.6) is 0 Å². The molecule has 1 unspecified atom stereocenters. The van der Waals surface area contributed by atoms with Crippen LogP contribution in [0.2, 0.25) is 0 Å². The van der Waals surface area contributed by atoms with Crippen molar-refractivity contribution >= 4 is 11.6 Å². The second-order valence-corrected chi connectivity index (χ2v) is 4.48. The summed E-state index contributed by atoms with van der Waals surface area (Å²) in [5.41, 5.74) is 8.07. The molecule has 0 aliphatic heterocycles. The molecule has 1 atom stereocenters. The molecular weight excluding hydrogens is 238 g/mol. The van der Waals surface area contributed by atoms with Crippen molar-refractivity contribution in [3.8, 4) is 0 Å². The fourth-order valence-corrected chi connectivity index (χ4v) is 1.99. The standard InChI is InChI=1S/C14H19N5/c1-3-4-12-13(15)17-9-18-14(12)19-10(2)11-5-7-16-8-6-11/h5-10H,3-4H2,1-2H3,(H3,15,17,18,19). The van der Waals surface area contributed by atoms with E-state index in [-0.39, 0.29) is 6.04 Å². The number of hydrogen-bond donors (Lipinski definition) is 2. The van der Waals surface area contributed by atoms with Crippen LogP contribution in [0, 0.1) is 0 Å². The molecule has 0 spiro atoms. The molecule has 0 aromatic carbocycles. The number of hydrogen-bond acceptors (Lipinski definition) is 5. The Kier molecular flexibility index (Phi) is 4.28. The summed E-state index contributed by atoms with van der Waals surface area (Å²) in [7, 11) is 0. The van der Waals surface area contributed by atoms with Crippen LogP contribution in [-0.2, 0) is 6.42 Å². The van der Waals surface area contributed by atoms with Gasteiger partial charge in [-0.3, -0.25) is 4.98 Å². The van der Waals surface area contributed by atoms with Crippen LogP contribution in [0.3, 0.4) is 0 Å². The number of aromatic nitrogens is 3. The average molecular weight is 257 g/mol. The van der Waals surface area contributed by atoms with Crippen LogP contribution in [-0.4, -0.2) is 15.0 Å². The van der Waals surface area contributed by atoms with Crippen LogP contribution in [0.15, 0.2) is 30.9 Å². The fourth-order valence-electron chi connectivity index (χ4n) is 1.99. The lowest BCUT2D eigenvalue weighted by Gasteiger charge is -2.17. The van der Waals surface area contributed by atoms with Gasteiger partial charge in [-0.05, 0) is 31.0 Å². The molecule has 5 heteroatoms. The number of anilines is 2. The van der Waals surface area contributed by atoms with E-state index >= 15 is 0 Å². The second kappa shape index (κ2) is 6.13. The third-order valence-corrected chi connectivity index (χ3v) is 3.04. The Morgan fingerprint density at radius 3 is 2.68 bits per heavy atom. The van der Waals surface area contributed by atoms with Crippen LogP contribution < -0.4 is 11.1 Å². The maximum atomic E-state index is 5.92. The van der Waals surface area contributed by atoms with Gasteiger partial charge in [-0.25, -0.2) is 9.97 Å². The van der Waals surface area contributed by atoms with Gasteiger partial charge in [-0.2, -0.15) is 0 Å². The van der Waals surface area contributed by atoms with E-state index in [1.807, 2.05) is 12.1 Å². The zero-order valence-electron chi connectivity index (χ0n) is 11.3. The summed E-state index contributed by atoms with van der Waals surface area (Å²) in [6.45, 7) is 4.20. The Balaban J connectivity index is 2.21. The first-order valence-corrected chi connectivity index (χ1v) is 6.48. The first kappa shape index (κ1) is 13.3. The maximum Gasteiger partial charge on any atom is 0.135 e. The molecule has 2 aromatic rings. The van der Waals surface area contributed by atoms with Crippen molar-refractivity contribution in [3.05, 3.63) is 42.0 Å². The third-order valence-electron chi connectivity index (χ3n) is 3.04. The highest BCUT2D eigenvalue weighted by Crippen LogP contribution is 2.23. The number of nitrogens with one attached hydrogen (secondary N) is 1. The van der Waals surface area contributed by atoms with Crippen molar-refractivity contribution in [2.45, 2.75) is 32.7 Å². The molecule has 0 aliphatic rings. The normalized spacial score (nSPS) is 12.1. The largest absolute Gasteiger partial charge is 0.383 e. The minimum Gasteiger partial charge on any atom is -0.383 e. The summed E-state index contributed by atoms with van der Waals surface area (Å²) in [6, 6.07) is 4.12. The lowest BCUT2D eigenvalue weighted by atomic mass is 10.1. The van der Waals surface area contributed by atoms with Gasteiger partial charge >= 0.3 is 0 Å². The Morgan fingerprint density at radius 2 is 2.00 bits per heavy atom. The van der Waals surface area contributed by atoms with Gasteiger partial charge in [0.25, 0.3) is 0 Å². The summed E-state index contributed by atoms with van der Waals surface area (Å²) >= 11 is 0. The van der Waals surface area contributed by atoms with Crippen molar-refractivity contribution in [2.24, 2.45) is 0 Å². The quantitative estimate of drug-likeness (QED) is 0.861. The van der Waals surface area contributed by atoms with Gasteiger partial charge in [-0.15, -0.1) is 0 Å². The predicted octanol–water partition coefficient (Wildman–Crippen LogP) is 2.58. The van der Waals surface area contributed by atoms with Crippen molar-refractivity contribution in [1.29, 1.82) is 0 Å². The maximum absolute atomic E-state index is 5.92. The van der Waals surface area contributed by atoms with Crippen LogP contribution >= 0.6 is 0 Å². The molecule has 0 saturated heterocycles. The minimum atomic E-state index is 0.146. The van der Waals surface area contributed by atoms with Gasteiger partial charge in [-0.1, -0.05) is 13.3 Å². The van der Waals surface area contributed by atoms with Gasteiger partial charge in [0.2, 0.25) is 0 Å². The van der Waals surface area contributed by atoms with Crippen molar-refractivity contribution < 1.29 is 0 Å². The molecule has 0 aliphatic carbocycles. The van der Waals surface area contributed by atoms with E-state index < -0.39 is 0 Å². The van der Waals surface area contributed by atoms with E-state index in [2.05, 4.69) is 34.1 Å². The number of nitrogens with two attached hydrogens (primary N) is 1. The molecule has 3 N–H and O–H groups in total. The average Bonchev–Trinajstić information content (AvgIpc) is 2.43. The van der Waals surface area contributed by atoms with Gasteiger partial charge in [0.1, 0.15) is 18.0 Å². The summed E-state index contributed by atoms with van der Waals surface area (Å²) < 4.78 is 0. The molecular formula is C14H19N5. The Morgan fingerprint density at radius 1 is 1.26 bits per heavy atom. The Labute approximate surface area is 113 Å². The van der Waals surface area contributed by atoms with E-state index in [1.165, 1.54) is 6.33 Å². The zero-order chi connectivity index (χ0) is 13.7. The topological polar surface area (TPSA) is 76.7 Å². The van der Waals surface area contributed by atoms with E-state index in [1.54, 1.807) is 12.4 Å². The highest BCUT2D eigenvalue weighted by atomic mass is 15.1. The molecule has 19 heavy (non-hydrogen) atoms. The lowest BCUT2D eigenvalue weighted by molar-refractivity contribution is 0.846. The number of nitrogens with zero attached hydrogens (tertiary/aromatic N) is 3. The summed E-state index contributed by atoms with van der Waals surface area (Å²) in [5, 5.41) is 3.39. The smallest absolute Gasteiger partial charge is 0.135 e. The molecule has 2 rings (SSSR count).